The molecule has 1 aromatic carbocycles. The summed E-state index contributed by atoms with van der Waals surface area (Å²) in [5.74, 6) is 1.87. The third-order valence-corrected chi connectivity index (χ3v) is 4.32. The number of hydrogen-bond donors (Lipinski definition) is 1. The molecule has 2 aliphatic heterocycles. The lowest BCUT2D eigenvalue weighted by atomic mass is 9.89. The van der Waals surface area contributed by atoms with Crippen LogP contribution in [0.15, 0.2) is 17.9 Å². The monoisotopic (exact) mass is 319 g/mol. The van der Waals surface area contributed by atoms with Gasteiger partial charge in [-0.1, -0.05) is 0 Å². The lowest BCUT2D eigenvalue weighted by Crippen LogP contribution is -2.33. The van der Waals surface area contributed by atoms with Crippen LogP contribution in [0.5, 0.6) is 17.2 Å². The molecule has 1 atom stereocenters. The molecule has 23 heavy (non-hydrogen) atoms. The van der Waals surface area contributed by atoms with Gasteiger partial charge in [0.05, 0.1) is 12.9 Å². The van der Waals surface area contributed by atoms with Crippen LogP contribution in [0.3, 0.4) is 0 Å². The Morgan fingerprint density at radius 2 is 2.30 bits per heavy atom. The van der Waals surface area contributed by atoms with E-state index in [1.165, 1.54) is 13.0 Å². The minimum Gasteiger partial charge on any atom is -0.512 e. The van der Waals surface area contributed by atoms with Crippen molar-refractivity contribution in [2.45, 2.75) is 25.8 Å². The Bertz CT molecular complexity index is 667. The maximum absolute atomic E-state index is 11.2. The topological polar surface area (TPSA) is 68.2 Å². The summed E-state index contributed by atoms with van der Waals surface area (Å²) >= 11 is 0. The van der Waals surface area contributed by atoms with Gasteiger partial charge in [0.25, 0.3) is 0 Å². The molecule has 6 heteroatoms. The largest absolute Gasteiger partial charge is 0.512 e. The Labute approximate surface area is 135 Å². The third kappa shape index (κ3) is 2.86. The van der Waals surface area contributed by atoms with Crippen molar-refractivity contribution in [3.05, 3.63) is 29.0 Å². The molecule has 0 saturated carbocycles. The van der Waals surface area contributed by atoms with Crippen LogP contribution in [-0.2, 0) is 11.2 Å². The molecule has 0 aliphatic carbocycles. The fourth-order valence-electron chi connectivity index (χ4n) is 3.27. The highest BCUT2D eigenvalue weighted by molar-refractivity contribution is 5.87. The van der Waals surface area contributed by atoms with E-state index in [1.54, 1.807) is 7.11 Å². The van der Waals surface area contributed by atoms with E-state index < -0.39 is 0 Å². The summed E-state index contributed by atoms with van der Waals surface area (Å²) in [5, 5.41) is 10.1. The molecule has 2 heterocycles. The Morgan fingerprint density at radius 3 is 3.00 bits per heavy atom. The minimum absolute atomic E-state index is 0.0712. The van der Waals surface area contributed by atoms with E-state index in [0.717, 1.165) is 24.1 Å². The van der Waals surface area contributed by atoms with Gasteiger partial charge in [0.15, 0.2) is 17.3 Å². The van der Waals surface area contributed by atoms with Crippen LogP contribution in [0.4, 0.5) is 0 Å². The Morgan fingerprint density at radius 1 is 1.52 bits per heavy atom. The molecule has 0 fully saturated rings. The summed E-state index contributed by atoms with van der Waals surface area (Å²) < 4.78 is 16.6. The smallest absolute Gasteiger partial charge is 0.231 e. The van der Waals surface area contributed by atoms with Gasteiger partial charge < -0.3 is 19.3 Å². The second-order valence-corrected chi connectivity index (χ2v) is 5.91. The number of aliphatic hydroxyl groups is 1. The maximum atomic E-state index is 11.2. The molecular weight excluding hydrogens is 298 g/mol. The molecule has 0 amide bonds. The molecule has 1 aromatic rings. The number of ether oxygens (including phenoxy) is 3. The van der Waals surface area contributed by atoms with Crippen LogP contribution in [0.1, 0.15) is 30.5 Å². The van der Waals surface area contributed by atoms with E-state index in [-0.39, 0.29) is 24.4 Å². The normalized spacial score (nSPS) is 20.3. The van der Waals surface area contributed by atoms with Crippen LogP contribution in [0, 0.1) is 0 Å². The van der Waals surface area contributed by atoms with Gasteiger partial charge in [-0.25, -0.2) is 0 Å². The average molecular weight is 319 g/mol. The van der Waals surface area contributed by atoms with Gasteiger partial charge in [0, 0.05) is 30.6 Å². The van der Waals surface area contributed by atoms with Crippen LogP contribution >= 0.6 is 0 Å². The van der Waals surface area contributed by atoms with Crippen LogP contribution < -0.4 is 14.2 Å². The second-order valence-electron chi connectivity index (χ2n) is 5.91. The fraction of sp³-hybridized carbons (Fsp3) is 0.471. The standard InChI is InChI=1S/C17H21NO5/c1-10(19)6-12(20)8-13-15-11(4-5-18(13)2)7-14-16(17(15)21-3)23-9-22-14/h6-7,13,20H,4-5,8-9H2,1-3H3/b12-6-/t13-/m0/s1. The van der Waals surface area contributed by atoms with Crippen LogP contribution in [0.25, 0.3) is 0 Å². The van der Waals surface area contributed by atoms with E-state index in [0.29, 0.717) is 23.7 Å². The Balaban J connectivity index is 2.05. The maximum Gasteiger partial charge on any atom is 0.231 e. The molecule has 0 bridgehead atoms. The molecule has 0 saturated heterocycles. The molecular formula is C17H21NO5. The number of methoxy groups -OCH3 is 1. The first-order valence-electron chi connectivity index (χ1n) is 7.61. The average Bonchev–Trinajstić information content (AvgIpc) is 2.95. The lowest BCUT2D eigenvalue weighted by molar-refractivity contribution is -0.112. The van der Waals surface area contributed by atoms with Crippen molar-refractivity contribution in [3.8, 4) is 17.2 Å². The molecule has 0 aromatic heterocycles. The van der Waals surface area contributed by atoms with Crippen molar-refractivity contribution in [2.75, 3.05) is 27.5 Å². The SMILES string of the molecule is COc1c2c(cc3c1[C@H](C/C(O)=C/C(C)=O)N(C)CC3)OCO2. The van der Waals surface area contributed by atoms with E-state index in [9.17, 15) is 9.90 Å². The van der Waals surface area contributed by atoms with Gasteiger partial charge in [0.2, 0.25) is 12.5 Å². The number of allylic oxidation sites excluding steroid dienone is 1. The molecule has 3 rings (SSSR count). The first-order chi connectivity index (χ1) is 11.0. The van der Waals surface area contributed by atoms with Gasteiger partial charge in [-0.15, -0.1) is 0 Å². The zero-order valence-corrected chi connectivity index (χ0v) is 13.6. The van der Waals surface area contributed by atoms with Crippen molar-refractivity contribution in [3.63, 3.8) is 0 Å². The number of benzene rings is 1. The van der Waals surface area contributed by atoms with Gasteiger partial charge in [-0.05, 0) is 32.0 Å². The first kappa shape index (κ1) is 15.7. The number of rotatable bonds is 4. The predicted octanol–water partition coefficient (Wildman–Crippen LogP) is 2.37. The quantitative estimate of drug-likeness (QED) is 0.679. The zero-order chi connectivity index (χ0) is 16.6. The van der Waals surface area contributed by atoms with Crippen molar-refractivity contribution in [2.24, 2.45) is 0 Å². The van der Waals surface area contributed by atoms with E-state index in [2.05, 4.69) is 4.90 Å². The highest BCUT2D eigenvalue weighted by Crippen LogP contribution is 2.50. The number of ketones is 1. The zero-order valence-electron chi connectivity index (χ0n) is 13.6. The summed E-state index contributed by atoms with van der Waals surface area (Å²) in [4.78, 5) is 13.3. The number of carbonyl (C=O) groups is 1. The number of aliphatic hydroxyl groups excluding tert-OH is 1. The number of likely N-dealkylation sites (N-methyl/N-ethyl adjacent to an activating group) is 1. The van der Waals surface area contributed by atoms with Crippen LogP contribution in [0.2, 0.25) is 0 Å². The summed E-state index contributed by atoms with van der Waals surface area (Å²) in [6.07, 6.45) is 2.48. The highest BCUT2D eigenvalue weighted by Gasteiger charge is 2.34. The van der Waals surface area contributed by atoms with Crippen molar-refractivity contribution >= 4 is 5.78 Å². The van der Waals surface area contributed by atoms with Crippen molar-refractivity contribution in [1.29, 1.82) is 0 Å². The molecule has 1 N–H and O–H groups in total. The highest BCUT2D eigenvalue weighted by atomic mass is 16.7. The summed E-state index contributed by atoms with van der Waals surface area (Å²) in [6, 6.07) is 1.91. The predicted molar refractivity (Wildman–Crippen MR) is 84.2 cm³/mol. The van der Waals surface area contributed by atoms with Crippen LogP contribution in [-0.4, -0.2) is 43.3 Å². The van der Waals surface area contributed by atoms with Gasteiger partial charge in [-0.3, -0.25) is 9.69 Å². The van der Waals surface area contributed by atoms with Gasteiger partial charge in [-0.2, -0.15) is 0 Å². The summed E-state index contributed by atoms with van der Waals surface area (Å²) in [5.41, 5.74) is 2.12. The molecule has 2 aliphatic rings. The Hall–Kier alpha value is -2.21. The number of nitrogens with zero attached hydrogens (tertiary/aromatic N) is 1. The second kappa shape index (κ2) is 6.12. The van der Waals surface area contributed by atoms with Gasteiger partial charge >= 0.3 is 0 Å². The first-order valence-corrected chi connectivity index (χ1v) is 7.61. The molecule has 0 unspecified atom stereocenters. The van der Waals surface area contributed by atoms with E-state index >= 15 is 0 Å². The number of hydrogen-bond acceptors (Lipinski definition) is 6. The third-order valence-electron chi connectivity index (χ3n) is 4.32. The molecule has 124 valence electrons. The lowest BCUT2D eigenvalue weighted by Gasteiger charge is -2.35. The number of carbonyl (C=O) groups excluding carboxylic acids is 1. The molecule has 0 spiro atoms. The molecule has 0 radical (unpaired) electrons. The van der Waals surface area contributed by atoms with Crippen molar-refractivity contribution in [1.82, 2.24) is 4.90 Å². The van der Waals surface area contributed by atoms with E-state index in [4.69, 9.17) is 14.2 Å². The number of fused-ring (bicyclic) bond motifs is 2. The minimum atomic E-state index is -0.168. The summed E-state index contributed by atoms with van der Waals surface area (Å²) in [6.45, 7) is 2.46. The molecule has 6 nitrogen and oxygen atoms in total. The summed E-state index contributed by atoms with van der Waals surface area (Å²) in [7, 11) is 3.60. The fourth-order valence-corrected chi connectivity index (χ4v) is 3.27. The van der Waals surface area contributed by atoms with E-state index in [1.807, 2.05) is 13.1 Å². The van der Waals surface area contributed by atoms with Gasteiger partial charge in [0.1, 0.15) is 0 Å². The Kier molecular flexibility index (Phi) is 4.17. The van der Waals surface area contributed by atoms with Crippen molar-refractivity contribution < 1.29 is 24.1 Å².